The molecule has 0 bridgehead atoms. The Balaban J connectivity index is 1.94. The fraction of sp³-hybridized carbons (Fsp3) is 0.250. The van der Waals surface area contributed by atoms with Crippen LogP contribution in [-0.2, 0) is 4.74 Å². The number of methoxy groups -OCH3 is 1. The first kappa shape index (κ1) is 15.8. The molecule has 0 radical (unpaired) electrons. The first-order chi connectivity index (χ1) is 10.7. The molecule has 1 aromatic carbocycles. The fourth-order valence-electron chi connectivity index (χ4n) is 1.86. The predicted octanol–water partition coefficient (Wildman–Crippen LogP) is 2.30. The van der Waals surface area contributed by atoms with Crippen LogP contribution in [0.3, 0.4) is 0 Å². The van der Waals surface area contributed by atoms with Gasteiger partial charge in [-0.25, -0.2) is 0 Å². The van der Waals surface area contributed by atoms with Gasteiger partial charge in [0.15, 0.2) is 5.76 Å². The number of ether oxygens (including phenoxy) is 1. The van der Waals surface area contributed by atoms with Crippen LogP contribution in [0.2, 0.25) is 0 Å². The number of furan rings is 1. The fourth-order valence-corrected chi connectivity index (χ4v) is 1.86. The molecule has 0 aliphatic rings. The van der Waals surface area contributed by atoms with Gasteiger partial charge in [-0.3, -0.25) is 9.59 Å². The first-order valence-corrected chi connectivity index (χ1v) is 6.93. The molecule has 0 fully saturated rings. The number of anilines is 1. The molecule has 0 saturated heterocycles. The van der Waals surface area contributed by atoms with Gasteiger partial charge in [0, 0.05) is 31.5 Å². The van der Waals surface area contributed by atoms with E-state index in [4.69, 9.17) is 9.15 Å². The van der Waals surface area contributed by atoms with E-state index in [2.05, 4.69) is 10.6 Å². The minimum Gasteiger partial charge on any atom is -0.459 e. The Kier molecular flexibility index (Phi) is 5.73. The molecule has 0 unspecified atom stereocenters. The van der Waals surface area contributed by atoms with E-state index in [1.54, 1.807) is 43.5 Å². The van der Waals surface area contributed by atoms with E-state index < -0.39 is 0 Å². The molecule has 1 heterocycles. The maximum absolute atomic E-state index is 12.0. The van der Waals surface area contributed by atoms with Crippen molar-refractivity contribution in [1.82, 2.24) is 5.32 Å². The lowest BCUT2D eigenvalue weighted by molar-refractivity contribution is 0.0946. The van der Waals surface area contributed by atoms with Crippen LogP contribution in [-0.4, -0.2) is 32.1 Å². The zero-order chi connectivity index (χ0) is 15.8. The molecular formula is C16H18N2O4. The Bertz CT molecular complexity index is 623. The third-order valence-electron chi connectivity index (χ3n) is 2.94. The second kappa shape index (κ2) is 7.99. The number of hydrogen-bond acceptors (Lipinski definition) is 4. The minimum absolute atomic E-state index is 0.190. The van der Waals surface area contributed by atoms with E-state index in [1.807, 2.05) is 0 Å². The van der Waals surface area contributed by atoms with Gasteiger partial charge in [0.2, 0.25) is 0 Å². The largest absolute Gasteiger partial charge is 0.459 e. The van der Waals surface area contributed by atoms with Gasteiger partial charge in [-0.15, -0.1) is 0 Å². The van der Waals surface area contributed by atoms with E-state index in [0.29, 0.717) is 24.4 Å². The molecule has 2 amide bonds. The molecule has 1 aromatic heterocycles. The second-order valence-corrected chi connectivity index (χ2v) is 4.61. The number of carbonyl (C=O) groups excluding carboxylic acids is 2. The highest BCUT2D eigenvalue weighted by Gasteiger charge is 2.10. The molecule has 22 heavy (non-hydrogen) atoms. The van der Waals surface area contributed by atoms with Crippen molar-refractivity contribution in [3.05, 3.63) is 54.0 Å². The number of rotatable bonds is 7. The summed E-state index contributed by atoms with van der Waals surface area (Å²) in [6.45, 7) is 1.13. The van der Waals surface area contributed by atoms with Crippen molar-refractivity contribution in [3.8, 4) is 0 Å². The van der Waals surface area contributed by atoms with Gasteiger partial charge >= 0.3 is 0 Å². The summed E-state index contributed by atoms with van der Waals surface area (Å²) in [6.07, 6.45) is 2.18. The molecule has 2 rings (SSSR count). The summed E-state index contributed by atoms with van der Waals surface area (Å²) in [7, 11) is 1.62. The monoisotopic (exact) mass is 302 g/mol. The smallest absolute Gasteiger partial charge is 0.291 e. The average molecular weight is 302 g/mol. The maximum Gasteiger partial charge on any atom is 0.291 e. The average Bonchev–Trinajstić information content (AvgIpc) is 3.06. The van der Waals surface area contributed by atoms with Crippen LogP contribution >= 0.6 is 0 Å². The molecule has 0 atom stereocenters. The van der Waals surface area contributed by atoms with Crippen molar-refractivity contribution in [2.45, 2.75) is 6.42 Å². The van der Waals surface area contributed by atoms with Gasteiger partial charge in [-0.05, 0) is 36.8 Å². The minimum atomic E-state index is -0.359. The van der Waals surface area contributed by atoms with Gasteiger partial charge < -0.3 is 19.8 Å². The Hall–Kier alpha value is -2.60. The van der Waals surface area contributed by atoms with Crippen LogP contribution in [0.25, 0.3) is 0 Å². The molecule has 116 valence electrons. The van der Waals surface area contributed by atoms with E-state index in [-0.39, 0.29) is 17.6 Å². The van der Waals surface area contributed by atoms with Gasteiger partial charge in [0.05, 0.1) is 6.26 Å². The van der Waals surface area contributed by atoms with Crippen molar-refractivity contribution in [2.75, 3.05) is 25.6 Å². The highest BCUT2D eigenvalue weighted by molar-refractivity contribution is 6.03. The standard InChI is InChI=1S/C16H18N2O4/c1-21-9-4-8-17-15(19)12-5-2-6-13(11-12)18-16(20)14-7-3-10-22-14/h2-3,5-7,10-11H,4,8-9H2,1H3,(H,17,19)(H,18,20). The summed E-state index contributed by atoms with van der Waals surface area (Å²) in [4.78, 5) is 23.9. The van der Waals surface area contributed by atoms with Crippen molar-refractivity contribution in [1.29, 1.82) is 0 Å². The lowest BCUT2D eigenvalue weighted by atomic mass is 10.2. The highest BCUT2D eigenvalue weighted by Crippen LogP contribution is 2.12. The first-order valence-electron chi connectivity index (χ1n) is 6.93. The maximum atomic E-state index is 12.0. The lowest BCUT2D eigenvalue weighted by Gasteiger charge is -2.07. The predicted molar refractivity (Wildman–Crippen MR) is 81.9 cm³/mol. The third kappa shape index (κ3) is 4.46. The molecule has 0 saturated carbocycles. The zero-order valence-electron chi connectivity index (χ0n) is 12.3. The van der Waals surface area contributed by atoms with Crippen LogP contribution < -0.4 is 10.6 Å². The van der Waals surface area contributed by atoms with Gasteiger partial charge in [-0.2, -0.15) is 0 Å². The van der Waals surface area contributed by atoms with Crippen LogP contribution in [0, 0.1) is 0 Å². The van der Waals surface area contributed by atoms with Gasteiger partial charge in [-0.1, -0.05) is 6.07 Å². The highest BCUT2D eigenvalue weighted by atomic mass is 16.5. The van der Waals surface area contributed by atoms with Crippen molar-refractivity contribution in [2.24, 2.45) is 0 Å². The summed E-state index contributed by atoms with van der Waals surface area (Å²) < 4.78 is 9.94. The van der Waals surface area contributed by atoms with Crippen LogP contribution in [0.1, 0.15) is 27.3 Å². The Labute approximate surface area is 128 Å². The van der Waals surface area contributed by atoms with Gasteiger partial charge in [0.1, 0.15) is 0 Å². The van der Waals surface area contributed by atoms with E-state index in [1.165, 1.54) is 6.26 Å². The molecule has 2 aromatic rings. The summed E-state index contributed by atoms with van der Waals surface area (Å²) in [6, 6.07) is 9.94. The van der Waals surface area contributed by atoms with Crippen molar-refractivity contribution >= 4 is 17.5 Å². The molecule has 0 aliphatic carbocycles. The quantitative estimate of drug-likeness (QED) is 0.769. The molecule has 6 nitrogen and oxygen atoms in total. The third-order valence-corrected chi connectivity index (χ3v) is 2.94. The number of hydrogen-bond donors (Lipinski definition) is 2. The molecule has 2 N–H and O–H groups in total. The van der Waals surface area contributed by atoms with Gasteiger partial charge in [0.25, 0.3) is 11.8 Å². The Morgan fingerprint density at radius 2 is 2.05 bits per heavy atom. The molecule has 6 heteroatoms. The van der Waals surface area contributed by atoms with Crippen molar-refractivity contribution in [3.63, 3.8) is 0 Å². The van der Waals surface area contributed by atoms with Crippen molar-refractivity contribution < 1.29 is 18.7 Å². The van der Waals surface area contributed by atoms with E-state index >= 15 is 0 Å². The summed E-state index contributed by atoms with van der Waals surface area (Å²) in [5.41, 5.74) is 1.01. The van der Waals surface area contributed by atoms with Crippen LogP contribution in [0.5, 0.6) is 0 Å². The zero-order valence-corrected chi connectivity index (χ0v) is 12.3. The summed E-state index contributed by atoms with van der Waals surface area (Å²) >= 11 is 0. The number of amides is 2. The SMILES string of the molecule is COCCCNC(=O)c1cccc(NC(=O)c2ccco2)c1. The van der Waals surface area contributed by atoms with Crippen LogP contribution in [0.15, 0.2) is 47.1 Å². The molecular weight excluding hydrogens is 284 g/mol. The molecule has 0 spiro atoms. The summed E-state index contributed by atoms with van der Waals surface area (Å²) in [5.74, 6) is -0.331. The number of benzene rings is 1. The molecule has 0 aliphatic heterocycles. The lowest BCUT2D eigenvalue weighted by Crippen LogP contribution is -2.25. The normalized spacial score (nSPS) is 10.2. The number of nitrogens with one attached hydrogen (secondary N) is 2. The number of carbonyl (C=O) groups is 2. The Morgan fingerprint density at radius 3 is 2.77 bits per heavy atom. The van der Waals surface area contributed by atoms with E-state index in [9.17, 15) is 9.59 Å². The summed E-state index contributed by atoms with van der Waals surface area (Å²) in [5, 5.41) is 5.47. The second-order valence-electron chi connectivity index (χ2n) is 4.61. The van der Waals surface area contributed by atoms with E-state index in [0.717, 1.165) is 6.42 Å². The topological polar surface area (TPSA) is 80.6 Å². The van der Waals surface area contributed by atoms with Crippen LogP contribution in [0.4, 0.5) is 5.69 Å². The Morgan fingerprint density at radius 1 is 1.18 bits per heavy atom.